The van der Waals surface area contributed by atoms with Crippen LogP contribution < -0.4 is 10.6 Å². The first kappa shape index (κ1) is 17.5. The zero-order valence-electron chi connectivity index (χ0n) is 12.0. The van der Waals surface area contributed by atoms with Gasteiger partial charge in [-0.1, -0.05) is 35.3 Å². The average molecular weight is 366 g/mol. The molecule has 0 radical (unpaired) electrons. The molecule has 2 N–H and O–H groups in total. The maximum absolute atomic E-state index is 12.1. The molecule has 7 heteroatoms. The van der Waals surface area contributed by atoms with Gasteiger partial charge in [0.05, 0.1) is 34.8 Å². The molecule has 1 amide bonds. The van der Waals surface area contributed by atoms with Crippen LogP contribution in [0.2, 0.25) is 10.0 Å². The van der Waals surface area contributed by atoms with Crippen molar-refractivity contribution in [1.82, 2.24) is 0 Å². The van der Waals surface area contributed by atoms with Gasteiger partial charge >= 0.3 is 0 Å². The Morgan fingerprint density at radius 2 is 1.96 bits per heavy atom. The Kier molecular flexibility index (Phi) is 6.60. The fraction of sp³-hybridized carbons (Fsp3) is 0.125. The molecular formula is C16H13Cl2N3OS. The van der Waals surface area contributed by atoms with Crippen LogP contribution in [0.3, 0.4) is 0 Å². The second kappa shape index (κ2) is 8.68. The zero-order valence-corrected chi connectivity index (χ0v) is 14.3. The second-order valence-corrected chi connectivity index (χ2v) is 6.33. The van der Waals surface area contributed by atoms with Crippen LogP contribution in [0.5, 0.6) is 0 Å². The molecule has 0 aliphatic heterocycles. The largest absolute Gasteiger partial charge is 0.375 e. The summed E-state index contributed by atoms with van der Waals surface area (Å²) in [4.78, 5) is 12.9. The fourth-order valence-corrected chi connectivity index (χ4v) is 2.95. The molecule has 0 heterocycles. The summed E-state index contributed by atoms with van der Waals surface area (Å²) in [5, 5.41) is 15.4. The quantitative estimate of drug-likeness (QED) is 0.730. The number of amides is 1. The molecule has 23 heavy (non-hydrogen) atoms. The van der Waals surface area contributed by atoms with Gasteiger partial charge in [-0.25, -0.2) is 0 Å². The summed E-state index contributed by atoms with van der Waals surface area (Å²) in [6.07, 6.45) is 0. The van der Waals surface area contributed by atoms with E-state index in [0.717, 1.165) is 4.90 Å². The Labute approximate surface area is 148 Å². The third kappa shape index (κ3) is 5.36. The predicted molar refractivity (Wildman–Crippen MR) is 96.4 cm³/mol. The molecule has 0 atom stereocenters. The Morgan fingerprint density at radius 3 is 2.70 bits per heavy atom. The van der Waals surface area contributed by atoms with Gasteiger partial charge in [-0.15, -0.1) is 11.8 Å². The minimum Gasteiger partial charge on any atom is -0.375 e. The highest BCUT2D eigenvalue weighted by Crippen LogP contribution is 2.27. The highest BCUT2D eigenvalue weighted by molar-refractivity contribution is 7.99. The first-order valence-electron chi connectivity index (χ1n) is 6.67. The minimum absolute atomic E-state index is 0.0681. The highest BCUT2D eigenvalue weighted by Gasteiger charge is 2.08. The summed E-state index contributed by atoms with van der Waals surface area (Å²) in [5.74, 6) is 0.118. The number of carbonyl (C=O) groups excluding carboxylic acids is 1. The number of nitrogens with one attached hydrogen (secondary N) is 2. The monoisotopic (exact) mass is 365 g/mol. The lowest BCUT2D eigenvalue weighted by atomic mass is 10.3. The Morgan fingerprint density at radius 1 is 1.17 bits per heavy atom. The molecule has 118 valence electrons. The standard InChI is InChI=1S/C16H13Cl2N3OS/c17-11-5-6-13(12(18)9-11)20-10-16(22)21-14-3-1-2-4-15(14)23-8-7-19/h1-6,9,20H,8,10H2,(H,21,22). The number of nitriles is 1. The predicted octanol–water partition coefficient (Wildman–Crippen LogP) is 4.66. The lowest BCUT2D eigenvalue weighted by Crippen LogP contribution is -2.22. The van der Waals surface area contributed by atoms with Crippen LogP contribution in [0.25, 0.3) is 0 Å². The van der Waals surface area contributed by atoms with E-state index in [4.69, 9.17) is 28.5 Å². The van der Waals surface area contributed by atoms with Crippen molar-refractivity contribution in [2.24, 2.45) is 0 Å². The van der Waals surface area contributed by atoms with Crippen LogP contribution in [-0.4, -0.2) is 18.2 Å². The van der Waals surface area contributed by atoms with E-state index in [-0.39, 0.29) is 12.5 Å². The summed E-state index contributed by atoms with van der Waals surface area (Å²) in [5.41, 5.74) is 1.32. The molecule has 0 aromatic heterocycles. The number of nitrogens with zero attached hydrogens (tertiary/aromatic N) is 1. The van der Waals surface area contributed by atoms with Crippen LogP contribution in [0, 0.1) is 11.3 Å². The number of benzene rings is 2. The maximum atomic E-state index is 12.1. The second-order valence-electron chi connectivity index (χ2n) is 4.47. The van der Waals surface area contributed by atoms with Gasteiger partial charge in [0.2, 0.25) is 5.91 Å². The van der Waals surface area contributed by atoms with E-state index in [1.807, 2.05) is 18.2 Å². The van der Waals surface area contributed by atoms with E-state index >= 15 is 0 Å². The van der Waals surface area contributed by atoms with E-state index in [2.05, 4.69) is 16.7 Å². The molecule has 0 saturated carbocycles. The summed E-state index contributed by atoms with van der Waals surface area (Å²) in [6.45, 7) is 0.0681. The van der Waals surface area contributed by atoms with Crippen molar-refractivity contribution in [1.29, 1.82) is 5.26 Å². The molecule has 2 aromatic carbocycles. The number of rotatable bonds is 6. The molecule has 0 aliphatic rings. The van der Waals surface area contributed by atoms with Gasteiger partial charge in [0.25, 0.3) is 0 Å². The van der Waals surface area contributed by atoms with Crippen LogP contribution in [0.4, 0.5) is 11.4 Å². The topological polar surface area (TPSA) is 64.9 Å². The highest BCUT2D eigenvalue weighted by atomic mass is 35.5. The molecule has 0 unspecified atom stereocenters. The van der Waals surface area contributed by atoms with Crippen molar-refractivity contribution in [2.45, 2.75) is 4.90 Å². The molecule has 2 rings (SSSR count). The third-order valence-corrected chi connectivity index (χ3v) is 4.31. The number of halogens is 2. The summed E-state index contributed by atoms with van der Waals surface area (Å²) in [6, 6.07) is 14.4. The molecule has 2 aromatic rings. The van der Waals surface area contributed by atoms with Gasteiger partial charge in [-0.3, -0.25) is 4.79 Å². The van der Waals surface area contributed by atoms with Gasteiger partial charge in [0.1, 0.15) is 0 Å². The molecule has 0 bridgehead atoms. The van der Waals surface area contributed by atoms with Crippen LogP contribution >= 0.6 is 35.0 Å². The Bertz CT molecular complexity index is 746. The molecule has 0 fully saturated rings. The molecule has 0 spiro atoms. The summed E-state index contributed by atoms with van der Waals surface area (Å²) in [7, 11) is 0. The normalized spacial score (nSPS) is 9.96. The molecule has 0 aliphatic carbocycles. The van der Waals surface area contributed by atoms with E-state index in [0.29, 0.717) is 27.2 Å². The van der Waals surface area contributed by atoms with Gasteiger partial charge in [0, 0.05) is 9.92 Å². The fourth-order valence-electron chi connectivity index (χ4n) is 1.81. The SMILES string of the molecule is N#CCSc1ccccc1NC(=O)CNc1ccc(Cl)cc1Cl. The first-order chi connectivity index (χ1) is 11.1. The van der Waals surface area contributed by atoms with Gasteiger partial charge < -0.3 is 10.6 Å². The Hall–Kier alpha value is -1.87. The number of hydrogen-bond donors (Lipinski definition) is 2. The Balaban J connectivity index is 1.96. The number of carbonyl (C=O) groups is 1. The number of thioether (sulfide) groups is 1. The zero-order chi connectivity index (χ0) is 16.7. The van der Waals surface area contributed by atoms with E-state index in [1.165, 1.54) is 11.8 Å². The average Bonchev–Trinajstić information content (AvgIpc) is 2.53. The number of anilines is 2. The first-order valence-corrected chi connectivity index (χ1v) is 8.42. The summed E-state index contributed by atoms with van der Waals surface area (Å²) >= 11 is 13.2. The minimum atomic E-state index is -0.207. The summed E-state index contributed by atoms with van der Waals surface area (Å²) < 4.78 is 0. The van der Waals surface area contributed by atoms with Crippen molar-refractivity contribution < 1.29 is 4.79 Å². The van der Waals surface area contributed by atoms with Crippen molar-refractivity contribution in [3.05, 3.63) is 52.5 Å². The molecular weight excluding hydrogens is 353 g/mol. The maximum Gasteiger partial charge on any atom is 0.243 e. The van der Waals surface area contributed by atoms with E-state index in [1.54, 1.807) is 24.3 Å². The number of para-hydroxylation sites is 1. The smallest absolute Gasteiger partial charge is 0.243 e. The lowest BCUT2D eigenvalue weighted by molar-refractivity contribution is -0.114. The van der Waals surface area contributed by atoms with Crippen molar-refractivity contribution in [3.63, 3.8) is 0 Å². The van der Waals surface area contributed by atoms with Gasteiger partial charge in [0.15, 0.2) is 0 Å². The van der Waals surface area contributed by atoms with Crippen molar-refractivity contribution in [2.75, 3.05) is 22.9 Å². The van der Waals surface area contributed by atoms with Crippen LogP contribution in [0.15, 0.2) is 47.4 Å². The van der Waals surface area contributed by atoms with Gasteiger partial charge in [-0.05, 0) is 30.3 Å². The van der Waals surface area contributed by atoms with Crippen LogP contribution in [-0.2, 0) is 4.79 Å². The third-order valence-electron chi connectivity index (χ3n) is 2.82. The lowest BCUT2D eigenvalue weighted by Gasteiger charge is -2.11. The van der Waals surface area contributed by atoms with Crippen molar-refractivity contribution in [3.8, 4) is 6.07 Å². The van der Waals surface area contributed by atoms with Crippen LogP contribution in [0.1, 0.15) is 0 Å². The van der Waals surface area contributed by atoms with Crippen molar-refractivity contribution >= 4 is 52.2 Å². The molecule has 0 saturated heterocycles. The molecule has 4 nitrogen and oxygen atoms in total. The van der Waals surface area contributed by atoms with Gasteiger partial charge in [-0.2, -0.15) is 5.26 Å². The van der Waals surface area contributed by atoms with E-state index in [9.17, 15) is 4.79 Å². The number of hydrogen-bond acceptors (Lipinski definition) is 4. The van der Waals surface area contributed by atoms with E-state index < -0.39 is 0 Å².